The van der Waals surface area contributed by atoms with Gasteiger partial charge in [0.25, 0.3) is 5.91 Å². The molecule has 24 heavy (non-hydrogen) atoms. The van der Waals surface area contributed by atoms with E-state index < -0.39 is 0 Å². The molecule has 2 rings (SSSR count). The number of rotatable bonds is 6. The van der Waals surface area contributed by atoms with Crippen molar-refractivity contribution in [2.45, 2.75) is 20.3 Å². The fourth-order valence-electron chi connectivity index (χ4n) is 1.95. The van der Waals surface area contributed by atoms with Gasteiger partial charge in [0.15, 0.2) is 6.61 Å². The monoisotopic (exact) mass is 390 g/mol. The summed E-state index contributed by atoms with van der Waals surface area (Å²) in [5, 5.41) is 5.49. The molecule has 2 amide bonds. The molecule has 0 aliphatic carbocycles. The van der Waals surface area contributed by atoms with Crippen molar-refractivity contribution in [2.24, 2.45) is 0 Å². The second kappa shape index (κ2) is 8.49. The SMILES string of the molecule is CCC(=O)Nc1ccc(NC(=O)COc2ccc(C)cc2Br)cc1. The van der Waals surface area contributed by atoms with Gasteiger partial charge in [-0.25, -0.2) is 0 Å². The van der Waals surface area contributed by atoms with Crippen molar-refractivity contribution in [3.05, 3.63) is 52.5 Å². The van der Waals surface area contributed by atoms with Crippen LogP contribution in [0, 0.1) is 6.92 Å². The van der Waals surface area contributed by atoms with Crippen molar-refractivity contribution in [3.8, 4) is 5.75 Å². The van der Waals surface area contributed by atoms with E-state index in [0.29, 0.717) is 23.5 Å². The molecule has 0 aliphatic rings. The van der Waals surface area contributed by atoms with E-state index >= 15 is 0 Å². The van der Waals surface area contributed by atoms with E-state index in [1.165, 1.54) is 0 Å². The lowest BCUT2D eigenvalue weighted by Crippen LogP contribution is -2.20. The molecule has 5 nitrogen and oxygen atoms in total. The number of aryl methyl sites for hydroxylation is 1. The fourth-order valence-corrected chi connectivity index (χ4v) is 2.56. The van der Waals surface area contributed by atoms with Gasteiger partial charge in [-0.1, -0.05) is 13.0 Å². The van der Waals surface area contributed by atoms with Crippen molar-refractivity contribution < 1.29 is 14.3 Å². The van der Waals surface area contributed by atoms with Gasteiger partial charge in [-0.2, -0.15) is 0 Å². The lowest BCUT2D eigenvalue weighted by Gasteiger charge is -2.10. The number of amides is 2. The molecule has 0 spiro atoms. The Labute approximate surface area is 149 Å². The van der Waals surface area contributed by atoms with Crippen LogP contribution in [0.5, 0.6) is 5.75 Å². The van der Waals surface area contributed by atoms with Crippen molar-refractivity contribution in [3.63, 3.8) is 0 Å². The Kier molecular flexibility index (Phi) is 6.37. The summed E-state index contributed by atoms with van der Waals surface area (Å²) in [6, 6.07) is 12.6. The Bertz CT molecular complexity index is 730. The number of carbonyl (C=O) groups is 2. The van der Waals surface area contributed by atoms with Crippen molar-refractivity contribution in [2.75, 3.05) is 17.2 Å². The third-order valence-electron chi connectivity index (χ3n) is 3.22. The first-order valence-electron chi connectivity index (χ1n) is 7.56. The second-order valence-electron chi connectivity index (χ2n) is 5.25. The predicted molar refractivity (Wildman–Crippen MR) is 98.4 cm³/mol. The summed E-state index contributed by atoms with van der Waals surface area (Å²) in [6.07, 6.45) is 0.421. The average molecular weight is 391 g/mol. The van der Waals surface area contributed by atoms with E-state index in [9.17, 15) is 9.59 Å². The molecule has 0 radical (unpaired) electrons. The fraction of sp³-hybridized carbons (Fsp3) is 0.222. The maximum absolute atomic E-state index is 12.0. The van der Waals surface area contributed by atoms with Crippen LogP contribution in [0.25, 0.3) is 0 Å². The smallest absolute Gasteiger partial charge is 0.262 e. The maximum Gasteiger partial charge on any atom is 0.262 e. The molecule has 126 valence electrons. The Balaban J connectivity index is 1.86. The van der Waals surface area contributed by atoms with Gasteiger partial charge in [-0.05, 0) is 64.8 Å². The van der Waals surface area contributed by atoms with Gasteiger partial charge < -0.3 is 15.4 Å². The summed E-state index contributed by atoms with van der Waals surface area (Å²) < 4.78 is 6.31. The number of carbonyl (C=O) groups excluding carboxylic acids is 2. The highest BCUT2D eigenvalue weighted by molar-refractivity contribution is 9.10. The number of nitrogens with one attached hydrogen (secondary N) is 2. The van der Waals surface area contributed by atoms with E-state index in [1.807, 2.05) is 25.1 Å². The zero-order valence-corrected chi connectivity index (χ0v) is 15.1. The molecule has 0 fully saturated rings. The predicted octanol–water partition coefficient (Wildman–Crippen LogP) is 4.12. The van der Waals surface area contributed by atoms with Crippen LogP contribution in [0.1, 0.15) is 18.9 Å². The van der Waals surface area contributed by atoms with Crippen LogP contribution in [-0.4, -0.2) is 18.4 Å². The van der Waals surface area contributed by atoms with Gasteiger partial charge in [-0.3, -0.25) is 9.59 Å². The third kappa shape index (κ3) is 5.38. The van der Waals surface area contributed by atoms with E-state index in [1.54, 1.807) is 31.2 Å². The lowest BCUT2D eigenvalue weighted by molar-refractivity contribution is -0.118. The van der Waals surface area contributed by atoms with Crippen LogP contribution >= 0.6 is 15.9 Å². The van der Waals surface area contributed by atoms with Gasteiger partial charge in [0.1, 0.15) is 5.75 Å². The van der Waals surface area contributed by atoms with E-state index in [0.717, 1.165) is 10.0 Å². The molecule has 0 unspecified atom stereocenters. The van der Waals surface area contributed by atoms with Gasteiger partial charge in [0.05, 0.1) is 4.47 Å². The molecule has 0 saturated carbocycles. The van der Waals surface area contributed by atoms with Crippen LogP contribution < -0.4 is 15.4 Å². The Morgan fingerprint density at radius 3 is 2.12 bits per heavy atom. The van der Waals surface area contributed by atoms with Crippen molar-refractivity contribution in [1.29, 1.82) is 0 Å². The molecule has 0 atom stereocenters. The Morgan fingerprint density at radius 1 is 1.00 bits per heavy atom. The van der Waals surface area contributed by atoms with E-state index in [2.05, 4.69) is 26.6 Å². The van der Waals surface area contributed by atoms with Crippen LogP contribution in [-0.2, 0) is 9.59 Å². The summed E-state index contributed by atoms with van der Waals surface area (Å²) in [6.45, 7) is 3.68. The molecule has 0 bridgehead atoms. The first-order chi connectivity index (χ1) is 11.5. The standard InChI is InChI=1S/C18H19BrN2O3/c1-3-17(22)20-13-5-7-14(8-6-13)21-18(23)11-24-16-9-4-12(2)10-15(16)19/h4-10H,3,11H2,1-2H3,(H,20,22)(H,21,23). The van der Waals surface area contributed by atoms with Gasteiger partial charge in [0.2, 0.25) is 5.91 Å². The van der Waals surface area contributed by atoms with Gasteiger partial charge in [0, 0.05) is 17.8 Å². The molecule has 0 aliphatic heterocycles. The Hall–Kier alpha value is -2.34. The van der Waals surface area contributed by atoms with E-state index in [-0.39, 0.29) is 18.4 Å². The quantitative estimate of drug-likeness (QED) is 0.779. The van der Waals surface area contributed by atoms with Crippen molar-refractivity contribution in [1.82, 2.24) is 0 Å². The normalized spacial score (nSPS) is 10.1. The molecule has 2 N–H and O–H groups in total. The minimum Gasteiger partial charge on any atom is -0.483 e. The van der Waals surface area contributed by atoms with Crippen molar-refractivity contribution >= 4 is 39.1 Å². The largest absolute Gasteiger partial charge is 0.483 e. The third-order valence-corrected chi connectivity index (χ3v) is 3.84. The molecule has 0 aromatic heterocycles. The van der Waals surface area contributed by atoms with Crippen LogP contribution in [0.3, 0.4) is 0 Å². The maximum atomic E-state index is 12.0. The van der Waals surface area contributed by atoms with E-state index in [4.69, 9.17) is 4.74 Å². The average Bonchev–Trinajstić information content (AvgIpc) is 2.55. The summed E-state index contributed by atoms with van der Waals surface area (Å²) in [5.41, 5.74) is 2.44. The number of hydrogen-bond donors (Lipinski definition) is 2. The summed E-state index contributed by atoms with van der Waals surface area (Å²) in [4.78, 5) is 23.3. The summed E-state index contributed by atoms with van der Waals surface area (Å²) in [7, 11) is 0. The molecule has 0 heterocycles. The van der Waals surface area contributed by atoms with Crippen LogP contribution in [0.15, 0.2) is 46.9 Å². The zero-order chi connectivity index (χ0) is 17.5. The molecular formula is C18H19BrN2O3. The number of hydrogen-bond acceptors (Lipinski definition) is 3. The van der Waals surface area contributed by atoms with Gasteiger partial charge in [-0.15, -0.1) is 0 Å². The summed E-state index contributed by atoms with van der Waals surface area (Å²) >= 11 is 3.41. The number of ether oxygens (including phenoxy) is 1. The minimum atomic E-state index is -0.257. The minimum absolute atomic E-state index is 0.0520. The number of halogens is 1. The van der Waals surface area contributed by atoms with Crippen LogP contribution in [0.2, 0.25) is 0 Å². The molecule has 6 heteroatoms. The first kappa shape index (κ1) is 18.0. The zero-order valence-electron chi connectivity index (χ0n) is 13.6. The molecular weight excluding hydrogens is 372 g/mol. The number of benzene rings is 2. The lowest BCUT2D eigenvalue weighted by atomic mass is 10.2. The number of anilines is 2. The molecule has 2 aromatic carbocycles. The van der Waals surface area contributed by atoms with Crippen LogP contribution in [0.4, 0.5) is 11.4 Å². The highest BCUT2D eigenvalue weighted by atomic mass is 79.9. The molecule has 2 aromatic rings. The second-order valence-corrected chi connectivity index (χ2v) is 6.10. The highest BCUT2D eigenvalue weighted by Crippen LogP contribution is 2.25. The first-order valence-corrected chi connectivity index (χ1v) is 8.36. The summed E-state index contributed by atoms with van der Waals surface area (Å²) in [5.74, 6) is 0.310. The Morgan fingerprint density at radius 2 is 1.58 bits per heavy atom. The topological polar surface area (TPSA) is 67.4 Å². The molecule has 0 saturated heterocycles. The van der Waals surface area contributed by atoms with Gasteiger partial charge >= 0.3 is 0 Å². The highest BCUT2D eigenvalue weighted by Gasteiger charge is 2.07.